The first-order chi connectivity index (χ1) is 9.52. The minimum absolute atomic E-state index is 0.122. The van der Waals surface area contributed by atoms with Gasteiger partial charge in [0.05, 0.1) is 11.4 Å². The summed E-state index contributed by atoms with van der Waals surface area (Å²) in [5.74, 6) is -0.122. The summed E-state index contributed by atoms with van der Waals surface area (Å²) in [5.41, 5.74) is 10.3. The molecule has 0 saturated carbocycles. The lowest BCUT2D eigenvalue weighted by molar-refractivity contribution is 0.0963. The van der Waals surface area contributed by atoms with Crippen LogP contribution in [0.1, 0.15) is 15.9 Å². The van der Waals surface area contributed by atoms with Crippen molar-refractivity contribution in [3.8, 4) is 0 Å². The maximum Gasteiger partial charge on any atom is 0.251 e. The topological polar surface area (TPSA) is 58.4 Å². The molecule has 4 heteroatoms. The fourth-order valence-electron chi connectivity index (χ4n) is 2.03. The second kappa shape index (κ2) is 5.65. The minimum atomic E-state index is -0.122. The normalized spacial score (nSPS) is 10.2. The number of nitrogens with one attached hydrogen (secondary N) is 1. The van der Waals surface area contributed by atoms with Gasteiger partial charge in [-0.15, -0.1) is 0 Å². The van der Waals surface area contributed by atoms with Gasteiger partial charge in [0, 0.05) is 25.3 Å². The van der Waals surface area contributed by atoms with Gasteiger partial charge in [0.25, 0.3) is 5.91 Å². The van der Waals surface area contributed by atoms with Crippen molar-refractivity contribution >= 4 is 23.0 Å². The average molecular weight is 269 g/mol. The summed E-state index contributed by atoms with van der Waals surface area (Å²) in [6, 6.07) is 13.4. The fraction of sp³-hybridized carbons (Fsp3) is 0.188. The molecular weight excluding hydrogens is 250 g/mol. The number of nitrogens with zero attached hydrogens (tertiary/aromatic N) is 1. The maximum atomic E-state index is 11.7. The Morgan fingerprint density at radius 1 is 1.15 bits per heavy atom. The number of nitrogen functional groups attached to an aromatic ring is 1. The molecule has 4 nitrogen and oxygen atoms in total. The lowest BCUT2D eigenvalue weighted by Gasteiger charge is -2.22. The first-order valence-electron chi connectivity index (χ1n) is 6.45. The Morgan fingerprint density at radius 3 is 2.40 bits per heavy atom. The SMILES string of the molecule is CNC(=O)c1ccc(N)c(N(C)c2ccc(C)cc2)c1. The number of hydrogen-bond acceptors (Lipinski definition) is 3. The van der Waals surface area contributed by atoms with E-state index >= 15 is 0 Å². The van der Waals surface area contributed by atoms with Crippen LogP contribution in [0.3, 0.4) is 0 Å². The summed E-state index contributed by atoms with van der Waals surface area (Å²) in [5, 5.41) is 2.62. The van der Waals surface area contributed by atoms with E-state index in [9.17, 15) is 4.79 Å². The van der Waals surface area contributed by atoms with Gasteiger partial charge in [-0.25, -0.2) is 0 Å². The smallest absolute Gasteiger partial charge is 0.251 e. The van der Waals surface area contributed by atoms with Gasteiger partial charge in [-0.3, -0.25) is 4.79 Å². The summed E-state index contributed by atoms with van der Waals surface area (Å²) >= 11 is 0. The first-order valence-corrected chi connectivity index (χ1v) is 6.45. The van der Waals surface area contributed by atoms with Gasteiger partial charge in [-0.2, -0.15) is 0 Å². The van der Waals surface area contributed by atoms with Crippen molar-refractivity contribution in [1.29, 1.82) is 0 Å². The van der Waals surface area contributed by atoms with Crippen LogP contribution in [0, 0.1) is 6.92 Å². The highest BCUT2D eigenvalue weighted by Crippen LogP contribution is 2.30. The summed E-state index contributed by atoms with van der Waals surface area (Å²) < 4.78 is 0. The largest absolute Gasteiger partial charge is 0.397 e. The van der Waals surface area contributed by atoms with Gasteiger partial charge in [0.15, 0.2) is 0 Å². The van der Waals surface area contributed by atoms with Crippen LogP contribution in [-0.4, -0.2) is 20.0 Å². The van der Waals surface area contributed by atoms with Gasteiger partial charge in [-0.05, 0) is 37.3 Å². The fourth-order valence-corrected chi connectivity index (χ4v) is 2.03. The summed E-state index contributed by atoms with van der Waals surface area (Å²) in [6.45, 7) is 2.05. The Balaban J connectivity index is 2.40. The molecule has 1 amide bonds. The standard InChI is InChI=1S/C16H19N3O/c1-11-4-7-13(8-5-11)19(3)15-10-12(16(20)18-2)6-9-14(15)17/h4-10H,17H2,1-3H3,(H,18,20). The van der Waals surface area contributed by atoms with Crippen molar-refractivity contribution < 1.29 is 4.79 Å². The predicted molar refractivity (Wildman–Crippen MR) is 83.5 cm³/mol. The predicted octanol–water partition coefficient (Wildman–Crippen LogP) is 2.70. The van der Waals surface area contributed by atoms with Crippen LogP contribution in [0.2, 0.25) is 0 Å². The number of nitrogens with two attached hydrogens (primary N) is 1. The lowest BCUT2D eigenvalue weighted by atomic mass is 10.1. The van der Waals surface area contributed by atoms with E-state index in [0.29, 0.717) is 11.3 Å². The molecular formula is C16H19N3O. The van der Waals surface area contributed by atoms with Crippen molar-refractivity contribution in [2.45, 2.75) is 6.92 Å². The Kier molecular flexibility index (Phi) is 3.94. The number of rotatable bonds is 3. The summed E-state index contributed by atoms with van der Waals surface area (Å²) in [6.07, 6.45) is 0. The zero-order chi connectivity index (χ0) is 14.7. The van der Waals surface area contributed by atoms with Crippen LogP contribution < -0.4 is 16.0 Å². The van der Waals surface area contributed by atoms with Crippen LogP contribution in [-0.2, 0) is 0 Å². The molecule has 20 heavy (non-hydrogen) atoms. The number of carbonyl (C=O) groups excluding carboxylic acids is 1. The Labute approximate surface area is 119 Å². The second-order valence-corrected chi connectivity index (χ2v) is 4.75. The van der Waals surface area contributed by atoms with Gasteiger partial charge in [-0.1, -0.05) is 17.7 Å². The molecule has 0 unspecified atom stereocenters. The third-order valence-electron chi connectivity index (χ3n) is 3.30. The summed E-state index contributed by atoms with van der Waals surface area (Å²) in [4.78, 5) is 13.7. The number of carbonyl (C=O) groups is 1. The van der Waals surface area contributed by atoms with E-state index in [1.165, 1.54) is 5.56 Å². The quantitative estimate of drug-likeness (QED) is 0.842. The van der Waals surface area contributed by atoms with Crippen molar-refractivity contribution in [2.75, 3.05) is 24.7 Å². The van der Waals surface area contributed by atoms with E-state index in [2.05, 4.69) is 5.32 Å². The third-order valence-corrected chi connectivity index (χ3v) is 3.30. The maximum absolute atomic E-state index is 11.7. The molecule has 0 atom stereocenters. The molecule has 104 valence electrons. The van der Waals surface area contributed by atoms with Gasteiger partial charge in [0.2, 0.25) is 0 Å². The molecule has 0 spiro atoms. The first kappa shape index (κ1) is 13.9. The highest BCUT2D eigenvalue weighted by molar-refractivity contribution is 5.96. The second-order valence-electron chi connectivity index (χ2n) is 4.75. The van der Waals surface area contributed by atoms with Crippen LogP contribution in [0.4, 0.5) is 17.1 Å². The van der Waals surface area contributed by atoms with Gasteiger partial charge in [0.1, 0.15) is 0 Å². The van der Waals surface area contributed by atoms with Crippen LogP contribution in [0.5, 0.6) is 0 Å². The Bertz CT molecular complexity index is 620. The molecule has 2 aromatic rings. The molecule has 0 fully saturated rings. The van der Waals surface area contributed by atoms with Gasteiger partial charge < -0.3 is 16.0 Å². The molecule has 0 aliphatic heterocycles. The molecule has 3 N–H and O–H groups in total. The molecule has 0 saturated heterocycles. The van der Waals surface area contributed by atoms with E-state index < -0.39 is 0 Å². The summed E-state index contributed by atoms with van der Waals surface area (Å²) in [7, 11) is 3.55. The highest BCUT2D eigenvalue weighted by atomic mass is 16.1. The minimum Gasteiger partial charge on any atom is -0.397 e. The molecule has 0 radical (unpaired) electrons. The molecule has 2 rings (SSSR count). The molecule has 0 aliphatic carbocycles. The molecule has 0 heterocycles. The monoisotopic (exact) mass is 269 g/mol. The molecule has 0 aliphatic rings. The van der Waals surface area contributed by atoms with Crippen LogP contribution in [0.25, 0.3) is 0 Å². The Hall–Kier alpha value is -2.49. The lowest BCUT2D eigenvalue weighted by Crippen LogP contribution is -2.19. The van der Waals surface area contributed by atoms with E-state index in [4.69, 9.17) is 5.73 Å². The van der Waals surface area contributed by atoms with Crippen molar-refractivity contribution in [3.63, 3.8) is 0 Å². The number of aryl methyl sites for hydroxylation is 1. The van der Waals surface area contributed by atoms with Crippen LogP contribution >= 0.6 is 0 Å². The van der Waals surface area contributed by atoms with E-state index in [1.807, 2.05) is 43.1 Å². The molecule has 2 aromatic carbocycles. The van der Waals surface area contributed by atoms with Crippen molar-refractivity contribution in [2.24, 2.45) is 0 Å². The van der Waals surface area contributed by atoms with E-state index in [0.717, 1.165) is 11.4 Å². The molecule has 0 bridgehead atoms. The number of anilines is 3. The number of benzene rings is 2. The highest BCUT2D eigenvalue weighted by Gasteiger charge is 2.11. The zero-order valence-corrected chi connectivity index (χ0v) is 12.0. The van der Waals surface area contributed by atoms with Gasteiger partial charge >= 0.3 is 0 Å². The molecule has 0 aromatic heterocycles. The number of hydrogen-bond donors (Lipinski definition) is 2. The zero-order valence-electron chi connectivity index (χ0n) is 12.0. The van der Waals surface area contributed by atoms with E-state index in [-0.39, 0.29) is 5.91 Å². The Morgan fingerprint density at radius 2 is 1.80 bits per heavy atom. The van der Waals surface area contributed by atoms with Crippen molar-refractivity contribution in [3.05, 3.63) is 53.6 Å². The van der Waals surface area contributed by atoms with Crippen molar-refractivity contribution in [1.82, 2.24) is 5.32 Å². The number of amides is 1. The average Bonchev–Trinajstić information content (AvgIpc) is 2.47. The van der Waals surface area contributed by atoms with Crippen LogP contribution in [0.15, 0.2) is 42.5 Å². The third kappa shape index (κ3) is 2.74. The van der Waals surface area contributed by atoms with E-state index in [1.54, 1.807) is 25.2 Å².